The Morgan fingerprint density at radius 1 is 1.40 bits per heavy atom. The number of hydrogen-bond acceptors (Lipinski definition) is 8. The number of allylic oxidation sites excluding steroid dienone is 1. The summed E-state index contributed by atoms with van der Waals surface area (Å²) in [6.45, 7) is 3.18. The molecule has 0 unspecified atom stereocenters. The molecule has 2 rings (SSSR count). The van der Waals surface area contributed by atoms with Crippen molar-refractivity contribution in [3.05, 3.63) is 56.6 Å². The number of nitro groups is 1. The summed E-state index contributed by atoms with van der Waals surface area (Å²) < 4.78 is 0. The van der Waals surface area contributed by atoms with Gasteiger partial charge >= 0.3 is 0 Å². The van der Waals surface area contributed by atoms with E-state index in [1.165, 1.54) is 30.4 Å². The summed E-state index contributed by atoms with van der Waals surface area (Å²) in [6.07, 6.45) is 3.44. The molecule has 2 aromatic rings. The molecule has 0 spiro atoms. The number of nitrogens with two attached hydrogens (primary N) is 1. The number of aromatic nitrogens is 1. The maximum absolute atomic E-state index is 10.9. The highest BCUT2D eigenvalue weighted by Crippen LogP contribution is 2.23. The number of benzene rings is 1. The van der Waals surface area contributed by atoms with E-state index in [0.29, 0.717) is 16.5 Å². The number of carbonyl (C=O) groups is 1. The number of hydrazone groups is 1. The molecule has 0 aliphatic carbocycles. The number of nitrogens with one attached hydrogen (secondary N) is 2. The molecule has 0 aliphatic heterocycles. The lowest BCUT2D eigenvalue weighted by Gasteiger charge is -2.00. The number of anilines is 1. The average molecular weight is 360 g/mol. The van der Waals surface area contributed by atoms with E-state index in [0.717, 1.165) is 10.4 Å². The van der Waals surface area contributed by atoms with Gasteiger partial charge in [0.1, 0.15) is 5.71 Å². The number of thiazole rings is 1. The first kappa shape index (κ1) is 18.1. The van der Waals surface area contributed by atoms with E-state index in [9.17, 15) is 14.9 Å². The summed E-state index contributed by atoms with van der Waals surface area (Å²) in [6, 6.07) is 6.11. The van der Waals surface area contributed by atoms with Gasteiger partial charge in [-0.25, -0.2) is 4.98 Å². The van der Waals surface area contributed by atoms with E-state index >= 15 is 0 Å². The van der Waals surface area contributed by atoms with Gasteiger partial charge in [-0.05, 0) is 30.7 Å². The van der Waals surface area contributed by atoms with E-state index in [1.54, 1.807) is 31.2 Å². The predicted octanol–water partition coefficient (Wildman–Crippen LogP) is 2.20. The molecule has 0 bridgehead atoms. The van der Waals surface area contributed by atoms with Crippen LogP contribution in [0, 0.1) is 17.0 Å². The molecule has 9 nitrogen and oxygen atoms in total. The third-order valence-corrected chi connectivity index (χ3v) is 4.15. The highest BCUT2D eigenvalue weighted by Gasteiger charge is 2.12. The molecule has 0 fully saturated rings. The highest BCUT2D eigenvalue weighted by molar-refractivity contribution is 7.17. The van der Waals surface area contributed by atoms with Crippen molar-refractivity contribution in [3.63, 3.8) is 0 Å². The minimum absolute atomic E-state index is 0.0249. The third-order valence-electron chi connectivity index (χ3n) is 3.05. The van der Waals surface area contributed by atoms with Gasteiger partial charge in [0, 0.05) is 19.1 Å². The Bertz CT molecular complexity index is 841. The molecule has 1 heterocycles. The van der Waals surface area contributed by atoms with Gasteiger partial charge in [0.25, 0.3) is 5.69 Å². The lowest BCUT2D eigenvalue weighted by molar-refractivity contribution is -0.384. The fourth-order valence-electron chi connectivity index (χ4n) is 1.89. The van der Waals surface area contributed by atoms with Gasteiger partial charge in [-0.1, -0.05) is 17.4 Å². The number of amides is 1. The Labute approximate surface area is 147 Å². The Morgan fingerprint density at radius 2 is 2.08 bits per heavy atom. The number of hydrogen-bond donors (Lipinski definition) is 3. The molecule has 10 heteroatoms. The standard InChI is InChI=1S/C15H16N6O3S/c1-9-14(25-15(17-9)20-19-10(2)22)13(18-16)8-5-11-3-6-12(7-4-11)21(23)24/h3-8H,16H2,1-2H3,(H,17,20)(H,19,22)/b8-5-,18-13-. The van der Waals surface area contributed by atoms with Crippen molar-refractivity contribution in [2.45, 2.75) is 13.8 Å². The number of non-ortho nitro benzene ring substituents is 1. The molecule has 0 radical (unpaired) electrons. The largest absolute Gasteiger partial charge is 0.323 e. The van der Waals surface area contributed by atoms with Crippen molar-refractivity contribution in [2.24, 2.45) is 10.9 Å². The van der Waals surface area contributed by atoms with E-state index in [4.69, 9.17) is 5.84 Å². The zero-order valence-corrected chi connectivity index (χ0v) is 14.3. The Hall–Kier alpha value is -3.27. The minimum Gasteiger partial charge on any atom is -0.323 e. The van der Waals surface area contributed by atoms with Crippen molar-refractivity contribution < 1.29 is 9.72 Å². The Kier molecular flexibility index (Phi) is 5.79. The fourth-order valence-corrected chi connectivity index (χ4v) is 2.79. The fraction of sp³-hybridized carbons (Fsp3) is 0.133. The van der Waals surface area contributed by atoms with Crippen molar-refractivity contribution in [1.82, 2.24) is 10.4 Å². The van der Waals surface area contributed by atoms with Crippen LogP contribution in [0.15, 0.2) is 35.4 Å². The SMILES string of the molecule is CC(=O)NNc1nc(C)c(C(/C=C\c2ccc([N+](=O)[O-])cc2)=N\N)s1. The minimum atomic E-state index is -0.454. The van der Waals surface area contributed by atoms with Gasteiger partial charge in [0.15, 0.2) is 0 Å². The third kappa shape index (κ3) is 4.85. The van der Waals surface area contributed by atoms with Crippen LogP contribution in [0.4, 0.5) is 10.8 Å². The van der Waals surface area contributed by atoms with Crippen LogP contribution < -0.4 is 16.7 Å². The maximum atomic E-state index is 10.9. The topological polar surface area (TPSA) is 136 Å². The lowest BCUT2D eigenvalue weighted by Crippen LogP contribution is -2.26. The van der Waals surface area contributed by atoms with Crippen LogP contribution in [0.3, 0.4) is 0 Å². The monoisotopic (exact) mass is 360 g/mol. The molecule has 0 atom stereocenters. The first-order valence-corrected chi connectivity index (χ1v) is 7.93. The first-order chi connectivity index (χ1) is 11.9. The summed E-state index contributed by atoms with van der Waals surface area (Å²) in [5, 5.41) is 14.9. The van der Waals surface area contributed by atoms with Crippen molar-refractivity contribution in [1.29, 1.82) is 0 Å². The zero-order chi connectivity index (χ0) is 18.4. The normalized spacial score (nSPS) is 11.5. The number of nitro benzene ring substituents is 1. The molecule has 1 amide bonds. The molecule has 130 valence electrons. The molecule has 1 aromatic carbocycles. The van der Waals surface area contributed by atoms with Gasteiger partial charge in [0.2, 0.25) is 11.0 Å². The quantitative estimate of drug-likeness (QED) is 0.313. The van der Waals surface area contributed by atoms with Gasteiger partial charge in [-0.15, -0.1) is 0 Å². The molecule has 4 N–H and O–H groups in total. The van der Waals surface area contributed by atoms with E-state index < -0.39 is 4.92 Å². The summed E-state index contributed by atoms with van der Waals surface area (Å²) >= 11 is 1.29. The Morgan fingerprint density at radius 3 is 2.64 bits per heavy atom. The summed E-state index contributed by atoms with van der Waals surface area (Å²) in [5.41, 5.74) is 7.15. The van der Waals surface area contributed by atoms with Gasteiger partial charge in [-0.3, -0.25) is 25.8 Å². The van der Waals surface area contributed by atoms with E-state index in [2.05, 4.69) is 20.9 Å². The van der Waals surface area contributed by atoms with E-state index in [1.807, 2.05) is 0 Å². The summed E-state index contributed by atoms with van der Waals surface area (Å²) in [4.78, 5) is 26.2. The maximum Gasteiger partial charge on any atom is 0.269 e. The first-order valence-electron chi connectivity index (χ1n) is 7.11. The predicted molar refractivity (Wildman–Crippen MR) is 97.1 cm³/mol. The molecular weight excluding hydrogens is 344 g/mol. The second-order valence-electron chi connectivity index (χ2n) is 4.94. The van der Waals surface area contributed by atoms with Crippen LogP contribution in [-0.2, 0) is 4.79 Å². The van der Waals surface area contributed by atoms with Gasteiger partial charge in [0.05, 0.1) is 15.5 Å². The molecule has 25 heavy (non-hydrogen) atoms. The van der Waals surface area contributed by atoms with Crippen LogP contribution >= 0.6 is 11.3 Å². The van der Waals surface area contributed by atoms with Crippen LogP contribution in [0.1, 0.15) is 23.1 Å². The van der Waals surface area contributed by atoms with Crippen LogP contribution in [0.25, 0.3) is 6.08 Å². The van der Waals surface area contributed by atoms with Crippen molar-refractivity contribution in [2.75, 3.05) is 5.43 Å². The van der Waals surface area contributed by atoms with E-state index in [-0.39, 0.29) is 11.6 Å². The smallest absolute Gasteiger partial charge is 0.269 e. The van der Waals surface area contributed by atoms with Crippen LogP contribution in [-0.4, -0.2) is 21.5 Å². The average Bonchev–Trinajstić information content (AvgIpc) is 2.95. The van der Waals surface area contributed by atoms with Gasteiger partial charge < -0.3 is 5.84 Å². The second kappa shape index (κ2) is 8.02. The van der Waals surface area contributed by atoms with Crippen LogP contribution in [0.5, 0.6) is 0 Å². The number of hydrazine groups is 1. The highest BCUT2D eigenvalue weighted by atomic mass is 32.1. The second-order valence-corrected chi connectivity index (χ2v) is 5.94. The zero-order valence-electron chi connectivity index (χ0n) is 13.5. The van der Waals surface area contributed by atoms with Crippen LogP contribution in [0.2, 0.25) is 0 Å². The van der Waals surface area contributed by atoms with Gasteiger partial charge in [-0.2, -0.15) is 5.10 Å². The number of rotatable bonds is 6. The molecule has 0 saturated carbocycles. The Balaban J connectivity index is 2.17. The molecule has 1 aromatic heterocycles. The summed E-state index contributed by atoms with van der Waals surface area (Å²) in [5.74, 6) is 5.23. The summed E-state index contributed by atoms with van der Waals surface area (Å²) in [7, 11) is 0. The molecule has 0 aliphatic rings. The van der Waals surface area contributed by atoms with Crippen molar-refractivity contribution in [3.8, 4) is 0 Å². The lowest BCUT2D eigenvalue weighted by atomic mass is 10.1. The molecular formula is C15H16N6O3S. The number of nitrogens with zero attached hydrogens (tertiary/aromatic N) is 3. The number of carbonyl (C=O) groups excluding carboxylic acids is 1. The number of aryl methyl sites for hydroxylation is 1. The van der Waals surface area contributed by atoms with Crippen molar-refractivity contribution >= 4 is 39.9 Å². The molecule has 0 saturated heterocycles.